The summed E-state index contributed by atoms with van der Waals surface area (Å²) >= 11 is 3.25. The smallest absolute Gasteiger partial charge is 0.416 e. The molecular formula is C22H21BrF3NO7S. The van der Waals surface area contributed by atoms with Gasteiger partial charge in [0.15, 0.2) is 5.41 Å². The average molecular weight is 580 g/mol. The highest BCUT2D eigenvalue weighted by Gasteiger charge is 2.48. The van der Waals surface area contributed by atoms with Crippen molar-refractivity contribution in [1.82, 2.24) is 0 Å². The van der Waals surface area contributed by atoms with Gasteiger partial charge in [-0.15, -0.1) is 0 Å². The third-order valence-electron chi connectivity index (χ3n) is 5.51. The molecule has 0 bridgehead atoms. The second-order valence-corrected chi connectivity index (χ2v) is 10.7. The Morgan fingerprint density at radius 2 is 1.74 bits per heavy atom. The van der Waals surface area contributed by atoms with Gasteiger partial charge in [-0.25, -0.2) is 8.42 Å². The van der Waals surface area contributed by atoms with Crippen molar-refractivity contribution in [3.63, 3.8) is 0 Å². The lowest BCUT2D eigenvalue weighted by molar-refractivity contribution is -0.169. The van der Waals surface area contributed by atoms with Gasteiger partial charge in [0.25, 0.3) is 10.0 Å². The number of rotatable bonds is 6. The molecule has 0 aliphatic carbocycles. The number of ether oxygens (including phenoxy) is 3. The molecule has 35 heavy (non-hydrogen) atoms. The van der Waals surface area contributed by atoms with Gasteiger partial charge in [0.1, 0.15) is 11.9 Å². The lowest BCUT2D eigenvalue weighted by Crippen LogP contribution is -2.49. The number of carbonyl (C=O) groups is 2. The molecule has 0 saturated heterocycles. The van der Waals surface area contributed by atoms with Crippen LogP contribution >= 0.6 is 15.9 Å². The summed E-state index contributed by atoms with van der Waals surface area (Å²) in [6.07, 6.45) is -6.12. The summed E-state index contributed by atoms with van der Waals surface area (Å²) in [6, 6.07) is 7.86. The third-order valence-corrected chi connectivity index (χ3v) is 7.78. The van der Waals surface area contributed by atoms with Crippen LogP contribution in [0.2, 0.25) is 0 Å². The van der Waals surface area contributed by atoms with Crippen molar-refractivity contribution in [2.45, 2.75) is 30.5 Å². The second kappa shape index (κ2) is 9.69. The van der Waals surface area contributed by atoms with Crippen LogP contribution in [0.3, 0.4) is 0 Å². The van der Waals surface area contributed by atoms with Crippen molar-refractivity contribution in [1.29, 1.82) is 0 Å². The zero-order valence-electron chi connectivity index (χ0n) is 18.8. The third kappa shape index (κ3) is 5.25. The number of methoxy groups -OCH3 is 2. The minimum Gasteiger partial charge on any atom is -0.486 e. The van der Waals surface area contributed by atoms with Gasteiger partial charge >= 0.3 is 18.1 Å². The summed E-state index contributed by atoms with van der Waals surface area (Å²) in [6.45, 7) is 0.877. The van der Waals surface area contributed by atoms with Crippen molar-refractivity contribution < 1.29 is 45.4 Å². The minimum absolute atomic E-state index is 0.0749. The van der Waals surface area contributed by atoms with E-state index < -0.39 is 56.7 Å². The number of fused-ring (bicyclic) bond motifs is 1. The van der Waals surface area contributed by atoms with Gasteiger partial charge in [0.05, 0.1) is 36.9 Å². The number of nitrogens with zero attached hydrogens (tertiary/aromatic N) is 1. The highest BCUT2D eigenvalue weighted by Crippen LogP contribution is 2.42. The normalized spacial score (nSPS) is 16.2. The summed E-state index contributed by atoms with van der Waals surface area (Å²) in [5.74, 6) is -1.74. The summed E-state index contributed by atoms with van der Waals surface area (Å²) < 4.78 is 83.5. The summed E-state index contributed by atoms with van der Waals surface area (Å²) in [5, 5.41) is 0. The first-order valence-electron chi connectivity index (χ1n) is 10.1. The predicted molar refractivity (Wildman–Crippen MR) is 121 cm³/mol. The molecule has 190 valence electrons. The number of halogens is 4. The van der Waals surface area contributed by atoms with Crippen LogP contribution in [-0.2, 0) is 35.3 Å². The lowest BCUT2D eigenvalue weighted by atomic mass is 9.84. The van der Waals surface area contributed by atoms with E-state index in [0.717, 1.165) is 36.7 Å². The molecule has 13 heteroatoms. The number of anilines is 1. The predicted octanol–water partition coefficient (Wildman–Crippen LogP) is 4.17. The maximum Gasteiger partial charge on any atom is 0.416 e. The Bertz CT molecular complexity index is 1230. The highest BCUT2D eigenvalue weighted by molar-refractivity contribution is 9.10. The van der Waals surface area contributed by atoms with E-state index in [9.17, 15) is 31.2 Å². The molecule has 1 aliphatic rings. The molecule has 1 aliphatic heterocycles. The van der Waals surface area contributed by atoms with E-state index in [1.165, 1.54) is 19.1 Å². The van der Waals surface area contributed by atoms with Crippen LogP contribution in [0.1, 0.15) is 18.9 Å². The minimum atomic E-state index is -4.75. The lowest BCUT2D eigenvalue weighted by Gasteiger charge is -2.38. The van der Waals surface area contributed by atoms with Crippen LogP contribution in [0.4, 0.5) is 18.9 Å². The number of carbonyl (C=O) groups excluding carboxylic acids is 2. The number of hydrogen-bond donors (Lipinski definition) is 0. The van der Waals surface area contributed by atoms with E-state index in [4.69, 9.17) is 14.2 Å². The number of sulfonamides is 1. The molecule has 0 fully saturated rings. The van der Waals surface area contributed by atoms with Crippen molar-refractivity contribution >= 4 is 43.6 Å². The number of esters is 2. The molecule has 8 nitrogen and oxygen atoms in total. The zero-order valence-corrected chi connectivity index (χ0v) is 21.2. The van der Waals surface area contributed by atoms with Gasteiger partial charge in [0.2, 0.25) is 0 Å². The molecule has 1 atom stereocenters. The maximum absolute atomic E-state index is 13.5. The van der Waals surface area contributed by atoms with E-state index in [1.807, 2.05) is 0 Å². The molecule has 0 amide bonds. The maximum atomic E-state index is 13.5. The monoisotopic (exact) mass is 579 g/mol. The highest BCUT2D eigenvalue weighted by atomic mass is 79.9. The zero-order chi connectivity index (χ0) is 26.2. The number of hydrogen-bond acceptors (Lipinski definition) is 7. The molecule has 0 spiro atoms. The Morgan fingerprint density at radius 1 is 1.11 bits per heavy atom. The Balaban J connectivity index is 2.08. The average Bonchev–Trinajstić information content (AvgIpc) is 2.82. The van der Waals surface area contributed by atoms with Crippen LogP contribution in [0.15, 0.2) is 51.8 Å². The second-order valence-electron chi connectivity index (χ2n) is 7.93. The van der Waals surface area contributed by atoms with Gasteiger partial charge in [-0.05, 0) is 43.3 Å². The van der Waals surface area contributed by atoms with E-state index in [2.05, 4.69) is 15.9 Å². The number of alkyl halides is 3. The van der Waals surface area contributed by atoms with Gasteiger partial charge in [-0.3, -0.25) is 13.9 Å². The van der Waals surface area contributed by atoms with Crippen molar-refractivity contribution in [3.05, 3.63) is 52.5 Å². The molecule has 3 rings (SSSR count). The Kier molecular flexibility index (Phi) is 7.42. The van der Waals surface area contributed by atoms with Crippen LogP contribution in [-0.4, -0.2) is 47.2 Å². The molecule has 2 aromatic rings. The van der Waals surface area contributed by atoms with Gasteiger partial charge in [-0.2, -0.15) is 13.2 Å². The van der Waals surface area contributed by atoms with Gasteiger partial charge in [0, 0.05) is 10.9 Å². The van der Waals surface area contributed by atoms with E-state index in [-0.39, 0.29) is 17.9 Å². The Hall–Kier alpha value is -2.80. The summed E-state index contributed by atoms with van der Waals surface area (Å²) in [7, 11) is -2.34. The van der Waals surface area contributed by atoms with Crippen LogP contribution in [0.5, 0.6) is 5.75 Å². The van der Waals surface area contributed by atoms with E-state index in [1.54, 1.807) is 6.07 Å². The quantitative estimate of drug-likeness (QED) is 0.374. The molecule has 0 saturated carbocycles. The SMILES string of the molecule is COC(=O)C(C)(CC1CN(S(=O)(=O)c2cccc(C(F)(F)F)c2)c2cc(Br)ccc2O1)C(=O)OC. The van der Waals surface area contributed by atoms with Gasteiger partial charge < -0.3 is 14.2 Å². The standard InChI is InChI=1S/C22H21BrF3NO7S/c1-21(19(28)32-2,20(29)33-3)11-15-12-27(17-10-14(23)7-8-18(17)34-15)35(30,31)16-6-4-5-13(9-16)22(24,25)26/h4-10,15H,11-12H2,1-3H3. The first-order chi connectivity index (χ1) is 16.2. The molecule has 0 radical (unpaired) electrons. The largest absolute Gasteiger partial charge is 0.486 e. The van der Waals surface area contributed by atoms with E-state index in [0.29, 0.717) is 10.5 Å². The Labute approximate surface area is 208 Å². The molecule has 1 heterocycles. The summed E-state index contributed by atoms with van der Waals surface area (Å²) in [4.78, 5) is 24.2. The Morgan fingerprint density at radius 3 is 2.31 bits per heavy atom. The molecule has 0 aromatic heterocycles. The number of benzene rings is 2. The first-order valence-corrected chi connectivity index (χ1v) is 12.3. The van der Waals surface area contributed by atoms with Crippen LogP contribution in [0, 0.1) is 5.41 Å². The first kappa shape index (κ1) is 26.8. The van der Waals surface area contributed by atoms with Gasteiger partial charge in [-0.1, -0.05) is 22.0 Å². The van der Waals surface area contributed by atoms with Crippen LogP contribution in [0.25, 0.3) is 0 Å². The summed E-state index contributed by atoms with van der Waals surface area (Å²) in [5.41, 5.74) is -2.88. The van der Waals surface area contributed by atoms with E-state index >= 15 is 0 Å². The molecule has 2 aromatic carbocycles. The van der Waals surface area contributed by atoms with Crippen LogP contribution < -0.4 is 9.04 Å². The topological polar surface area (TPSA) is 99.2 Å². The fraction of sp³-hybridized carbons (Fsp3) is 0.364. The fourth-order valence-corrected chi connectivity index (χ4v) is 5.63. The molecular weight excluding hydrogens is 559 g/mol. The molecule has 1 unspecified atom stereocenters. The van der Waals surface area contributed by atoms with Crippen molar-refractivity contribution in [2.75, 3.05) is 25.1 Å². The van der Waals surface area contributed by atoms with Crippen molar-refractivity contribution in [3.8, 4) is 5.75 Å². The molecule has 0 N–H and O–H groups in total. The van der Waals surface area contributed by atoms with Crippen molar-refractivity contribution in [2.24, 2.45) is 5.41 Å². The fourth-order valence-electron chi connectivity index (χ4n) is 3.74.